The van der Waals surface area contributed by atoms with E-state index in [9.17, 15) is 18.0 Å². The van der Waals surface area contributed by atoms with E-state index in [-0.39, 0.29) is 26.8 Å². The summed E-state index contributed by atoms with van der Waals surface area (Å²) in [5.74, 6) is -0.531. The van der Waals surface area contributed by atoms with Crippen LogP contribution in [-0.4, -0.2) is 47.0 Å². The van der Waals surface area contributed by atoms with Crippen molar-refractivity contribution < 1.29 is 18.0 Å². The van der Waals surface area contributed by atoms with E-state index in [1.807, 2.05) is 11.9 Å². The summed E-state index contributed by atoms with van der Waals surface area (Å²) in [7, 11) is 1.99. The zero-order valence-electron chi connectivity index (χ0n) is 18.5. The van der Waals surface area contributed by atoms with Gasteiger partial charge in [-0.15, -0.1) is 0 Å². The van der Waals surface area contributed by atoms with Crippen molar-refractivity contribution in [1.29, 1.82) is 0 Å². The summed E-state index contributed by atoms with van der Waals surface area (Å²) >= 11 is 6.71. The van der Waals surface area contributed by atoms with Gasteiger partial charge in [-0.05, 0) is 44.2 Å². The fraction of sp³-hybridized carbons (Fsp3) is 0.524. The Labute approximate surface area is 204 Å². The van der Waals surface area contributed by atoms with Gasteiger partial charge in [-0.2, -0.15) is 13.2 Å². The lowest BCUT2D eigenvalue weighted by molar-refractivity contribution is -0.141. The summed E-state index contributed by atoms with van der Waals surface area (Å²) in [4.78, 5) is 26.2. The summed E-state index contributed by atoms with van der Waals surface area (Å²) in [6.45, 7) is 1.34. The predicted octanol–water partition coefficient (Wildman–Crippen LogP) is 3.73. The van der Waals surface area contributed by atoms with Crippen molar-refractivity contribution in [3.63, 3.8) is 0 Å². The second-order valence-corrected chi connectivity index (χ2v) is 10.0. The molecule has 2 aromatic rings. The molecule has 3 heterocycles. The molecule has 5 N–H and O–H groups in total. The molecule has 1 spiro atoms. The average molecular weight is 516 g/mol. The minimum atomic E-state index is -4.72. The molecule has 13 heteroatoms. The Bertz CT molecular complexity index is 1090. The molecular weight excluding hydrogens is 491 g/mol. The highest BCUT2D eigenvalue weighted by molar-refractivity contribution is 7.99. The van der Waals surface area contributed by atoms with Crippen LogP contribution in [0.1, 0.15) is 48.3 Å². The normalized spacial score (nSPS) is 20.1. The maximum Gasteiger partial charge on any atom is 0.434 e. The number of amides is 1. The van der Waals surface area contributed by atoms with Crippen LogP contribution in [0.5, 0.6) is 0 Å². The first-order valence-electron chi connectivity index (χ1n) is 10.8. The number of rotatable bonds is 5. The molecule has 0 radical (unpaired) electrons. The van der Waals surface area contributed by atoms with Gasteiger partial charge in [0.05, 0.1) is 5.02 Å². The number of hydrogen-bond acceptors (Lipinski definition) is 8. The van der Waals surface area contributed by atoms with Gasteiger partial charge in [0.1, 0.15) is 5.03 Å². The largest absolute Gasteiger partial charge is 0.434 e. The van der Waals surface area contributed by atoms with Gasteiger partial charge >= 0.3 is 6.18 Å². The molecule has 1 saturated carbocycles. The molecule has 184 valence electrons. The van der Waals surface area contributed by atoms with Crippen molar-refractivity contribution >= 4 is 40.9 Å². The van der Waals surface area contributed by atoms with Crippen LogP contribution >= 0.6 is 23.4 Å². The number of alkyl halides is 3. The molecule has 2 aliphatic rings. The van der Waals surface area contributed by atoms with E-state index < -0.39 is 22.8 Å². The van der Waals surface area contributed by atoms with Crippen LogP contribution in [0.15, 0.2) is 22.2 Å². The summed E-state index contributed by atoms with van der Waals surface area (Å²) in [5.41, 5.74) is 10.6. The van der Waals surface area contributed by atoms with Crippen LogP contribution < -0.4 is 21.7 Å². The zero-order chi connectivity index (χ0) is 24.7. The number of primary amides is 1. The number of nitrogens with one attached hydrogen (secondary N) is 1. The topological polar surface area (TPSA) is 123 Å². The molecule has 34 heavy (non-hydrogen) atoms. The Hall–Kier alpha value is -2.31. The minimum Gasteiger partial charge on any atom is -0.381 e. The third-order valence-corrected chi connectivity index (χ3v) is 8.30. The molecule has 1 amide bonds. The third kappa shape index (κ3) is 4.63. The molecule has 1 atom stereocenters. The zero-order valence-corrected chi connectivity index (χ0v) is 20.0. The molecule has 0 aromatic carbocycles. The van der Waals surface area contributed by atoms with Gasteiger partial charge in [-0.3, -0.25) is 9.78 Å². The van der Waals surface area contributed by atoms with Crippen molar-refractivity contribution in [2.75, 3.05) is 30.8 Å². The van der Waals surface area contributed by atoms with Gasteiger partial charge in [0.2, 0.25) is 0 Å². The first kappa shape index (κ1) is 24.8. The van der Waals surface area contributed by atoms with E-state index >= 15 is 0 Å². The fourth-order valence-corrected chi connectivity index (χ4v) is 6.19. The van der Waals surface area contributed by atoms with Crippen LogP contribution in [-0.2, 0) is 6.18 Å². The highest BCUT2D eigenvalue weighted by Crippen LogP contribution is 2.47. The molecule has 1 saturated heterocycles. The maximum atomic E-state index is 13.2. The molecule has 1 aliphatic carbocycles. The number of hydrogen-bond donors (Lipinski definition) is 3. The number of nitrogens with zero attached hydrogens (tertiary/aromatic N) is 4. The van der Waals surface area contributed by atoms with Gasteiger partial charge in [-0.1, -0.05) is 29.8 Å². The number of carbonyl (C=O) groups is 1. The number of piperidine rings is 1. The Balaban J connectivity index is 1.61. The highest BCUT2D eigenvalue weighted by atomic mass is 35.5. The van der Waals surface area contributed by atoms with E-state index in [2.05, 4.69) is 20.3 Å². The number of nitrogen functional groups attached to an aromatic ring is 1. The van der Waals surface area contributed by atoms with Crippen molar-refractivity contribution in [1.82, 2.24) is 20.3 Å². The van der Waals surface area contributed by atoms with Gasteiger partial charge in [-0.25, -0.2) is 9.97 Å². The molecular formula is C21H25ClF3N7OS. The van der Waals surface area contributed by atoms with Crippen molar-refractivity contribution in [2.45, 2.75) is 54.2 Å². The van der Waals surface area contributed by atoms with Gasteiger partial charge < -0.3 is 21.7 Å². The first-order valence-corrected chi connectivity index (χ1v) is 12.0. The smallest absolute Gasteiger partial charge is 0.381 e. The standard InChI is InChI=1S/C21H25ClF3N7OS/c1-28-12-3-2-5-20(12)6-9-32(10-7-20)18-14(17(27)33)30-19(16(26)31-18)34-11-4-8-29-15(13(11)22)21(23,24)25/h4,8,12,28H,2-3,5-7,9-10H2,1H3,(H2,26,31)(H2,27,33)/t12-/m1/s1. The second-order valence-electron chi connectivity index (χ2n) is 8.60. The van der Waals surface area contributed by atoms with E-state index in [1.54, 1.807) is 0 Å². The second kappa shape index (κ2) is 9.38. The van der Waals surface area contributed by atoms with Gasteiger partial charge in [0.15, 0.2) is 23.0 Å². The Morgan fingerprint density at radius 2 is 2.00 bits per heavy atom. The number of carbonyl (C=O) groups excluding carboxylic acids is 1. The lowest BCUT2D eigenvalue weighted by Crippen LogP contribution is -2.48. The van der Waals surface area contributed by atoms with Crippen LogP contribution in [0.25, 0.3) is 0 Å². The number of aromatic nitrogens is 3. The van der Waals surface area contributed by atoms with Gasteiger partial charge in [0, 0.05) is 30.2 Å². The number of pyridine rings is 1. The fourth-order valence-electron chi connectivity index (χ4n) is 5.04. The van der Waals surface area contributed by atoms with Crippen LogP contribution in [0, 0.1) is 5.41 Å². The monoisotopic (exact) mass is 515 g/mol. The molecule has 0 bridgehead atoms. The predicted molar refractivity (Wildman–Crippen MR) is 124 cm³/mol. The summed E-state index contributed by atoms with van der Waals surface area (Å²) in [6.07, 6.45) is 1.63. The Morgan fingerprint density at radius 3 is 2.62 bits per heavy atom. The quantitative estimate of drug-likeness (QED) is 0.550. The van der Waals surface area contributed by atoms with Gasteiger partial charge in [0.25, 0.3) is 5.91 Å². The first-order chi connectivity index (χ1) is 16.1. The number of halogens is 4. The van der Waals surface area contributed by atoms with E-state index in [4.69, 9.17) is 23.1 Å². The SMILES string of the molecule is CN[C@@H]1CCCC12CCN(c1nc(N)c(Sc3ccnc(C(F)(F)F)c3Cl)nc1C(N)=O)CC2. The van der Waals surface area contributed by atoms with Crippen LogP contribution in [0.3, 0.4) is 0 Å². The Kier molecular flexibility index (Phi) is 6.85. The highest BCUT2D eigenvalue weighted by Gasteiger charge is 2.44. The van der Waals surface area contributed by atoms with Crippen molar-refractivity contribution in [3.8, 4) is 0 Å². The number of anilines is 2. The molecule has 8 nitrogen and oxygen atoms in total. The third-order valence-electron chi connectivity index (χ3n) is 6.75. The molecule has 2 fully saturated rings. The average Bonchev–Trinajstić information content (AvgIpc) is 3.17. The molecule has 0 unspecified atom stereocenters. The van der Waals surface area contributed by atoms with E-state index in [0.29, 0.717) is 24.9 Å². The molecule has 4 rings (SSSR count). The maximum absolute atomic E-state index is 13.2. The summed E-state index contributed by atoms with van der Waals surface area (Å²) in [5, 5.41) is 2.90. The molecule has 2 aromatic heterocycles. The molecule has 1 aliphatic heterocycles. The lowest BCUT2D eigenvalue weighted by atomic mass is 9.74. The van der Waals surface area contributed by atoms with E-state index in [0.717, 1.165) is 43.6 Å². The minimum absolute atomic E-state index is 0.0271. The van der Waals surface area contributed by atoms with Crippen LogP contribution in [0.2, 0.25) is 5.02 Å². The number of nitrogens with two attached hydrogens (primary N) is 2. The Morgan fingerprint density at radius 1 is 1.29 bits per heavy atom. The van der Waals surface area contributed by atoms with Crippen molar-refractivity contribution in [2.24, 2.45) is 11.1 Å². The van der Waals surface area contributed by atoms with Crippen LogP contribution in [0.4, 0.5) is 24.8 Å². The summed E-state index contributed by atoms with van der Waals surface area (Å²) < 4.78 is 39.5. The van der Waals surface area contributed by atoms with E-state index in [1.165, 1.54) is 12.5 Å². The summed E-state index contributed by atoms with van der Waals surface area (Å²) in [6, 6.07) is 1.78. The van der Waals surface area contributed by atoms with Crippen molar-refractivity contribution in [3.05, 3.63) is 28.7 Å². The lowest BCUT2D eigenvalue weighted by Gasteiger charge is -2.43.